The lowest BCUT2D eigenvalue weighted by Gasteiger charge is -2.19. The predicted octanol–water partition coefficient (Wildman–Crippen LogP) is 6.04. The van der Waals surface area contributed by atoms with Gasteiger partial charge in [0.25, 0.3) is 5.69 Å². The van der Waals surface area contributed by atoms with Crippen LogP contribution < -0.4 is 4.90 Å². The molecule has 0 radical (unpaired) electrons. The molecule has 4 unspecified atom stereocenters. The van der Waals surface area contributed by atoms with Crippen LogP contribution in [0.4, 0.5) is 11.4 Å². The van der Waals surface area contributed by atoms with Crippen molar-refractivity contribution in [3.05, 3.63) is 99.1 Å². The predicted molar refractivity (Wildman–Crippen MR) is 160 cm³/mol. The number of imide groups is 1. The van der Waals surface area contributed by atoms with Gasteiger partial charge in [0.1, 0.15) is 5.02 Å². The molecule has 11 heteroatoms. The van der Waals surface area contributed by atoms with E-state index in [1.807, 2.05) is 0 Å². The van der Waals surface area contributed by atoms with Crippen molar-refractivity contribution in [2.75, 3.05) is 11.5 Å². The van der Waals surface area contributed by atoms with Gasteiger partial charge in [0.15, 0.2) is 6.61 Å². The molecule has 0 spiro atoms. The molecule has 3 fully saturated rings. The molecule has 3 aromatic carbocycles. The number of nitrogens with zero attached hydrogens (tertiary/aromatic N) is 3. The minimum atomic E-state index is -0.771. The lowest BCUT2D eigenvalue weighted by molar-refractivity contribution is -0.384. The fourth-order valence-corrected chi connectivity index (χ4v) is 7.24. The number of esters is 1. The summed E-state index contributed by atoms with van der Waals surface area (Å²) >= 11 is 5.83. The Morgan fingerprint density at radius 3 is 2.32 bits per heavy atom. The molecule has 0 N–H and O–H groups in total. The van der Waals surface area contributed by atoms with Crippen LogP contribution in [0.25, 0.3) is 22.2 Å². The Kier molecular flexibility index (Phi) is 6.73. The summed E-state index contributed by atoms with van der Waals surface area (Å²) in [5.74, 6) is -1.45. The number of para-hydroxylation sites is 1. The maximum absolute atomic E-state index is 13.3. The van der Waals surface area contributed by atoms with Gasteiger partial charge in [-0.3, -0.25) is 29.4 Å². The second-order valence-electron chi connectivity index (χ2n) is 11.4. The number of amides is 2. The van der Waals surface area contributed by atoms with Crippen molar-refractivity contribution in [2.45, 2.75) is 19.3 Å². The second kappa shape index (κ2) is 10.6. The third-order valence-electron chi connectivity index (χ3n) is 9.08. The number of halogens is 1. The minimum Gasteiger partial charge on any atom is -0.454 e. The van der Waals surface area contributed by atoms with Crippen molar-refractivity contribution in [1.82, 2.24) is 4.98 Å². The number of pyridine rings is 1. The molecule has 2 saturated carbocycles. The number of aromatic nitrogens is 1. The molecule has 4 aromatic rings. The number of ether oxygens (including phenoxy) is 1. The van der Waals surface area contributed by atoms with Crippen LogP contribution in [0.3, 0.4) is 0 Å². The number of fused-ring (bicyclic) bond motifs is 6. The van der Waals surface area contributed by atoms with Gasteiger partial charge in [-0.1, -0.05) is 41.9 Å². The number of anilines is 1. The Hall–Kier alpha value is -4.96. The molecule has 7 rings (SSSR count). The van der Waals surface area contributed by atoms with E-state index in [9.17, 15) is 29.3 Å². The molecule has 44 heavy (non-hydrogen) atoms. The molecule has 1 aromatic heterocycles. The Morgan fingerprint density at radius 1 is 0.955 bits per heavy atom. The average molecular weight is 610 g/mol. The van der Waals surface area contributed by atoms with E-state index in [2.05, 4.69) is 0 Å². The number of nitro groups is 1. The largest absolute Gasteiger partial charge is 0.454 e. The van der Waals surface area contributed by atoms with Gasteiger partial charge in [0, 0.05) is 22.6 Å². The molecule has 3 aliphatic rings. The maximum atomic E-state index is 13.3. The Labute approximate surface area is 255 Å². The van der Waals surface area contributed by atoms with Crippen molar-refractivity contribution < 1.29 is 28.8 Å². The SMILES string of the molecule is O=C(COC(=O)c1cc(-c2ccc(N3C(=O)C4C5CCC(C5)C4C3=O)cc2)nc2ccccc12)c1ccc(Cl)c([N+](=O)[O-])c1. The van der Waals surface area contributed by atoms with Crippen molar-refractivity contribution in [1.29, 1.82) is 0 Å². The van der Waals surface area contributed by atoms with E-state index in [1.54, 1.807) is 54.6 Å². The second-order valence-corrected chi connectivity index (χ2v) is 11.8. The quantitative estimate of drug-likeness (QED) is 0.0813. The zero-order valence-electron chi connectivity index (χ0n) is 23.1. The number of carbonyl (C=O) groups is 4. The third-order valence-corrected chi connectivity index (χ3v) is 9.40. The summed E-state index contributed by atoms with van der Waals surface area (Å²) in [5.41, 5.74) is 1.88. The summed E-state index contributed by atoms with van der Waals surface area (Å²) < 4.78 is 5.34. The summed E-state index contributed by atoms with van der Waals surface area (Å²) in [5, 5.41) is 11.6. The van der Waals surface area contributed by atoms with Crippen molar-refractivity contribution in [2.24, 2.45) is 23.7 Å². The zero-order chi connectivity index (χ0) is 30.7. The van der Waals surface area contributed by atoms with E-state index in [4.69, 9.17) is 21.3 Å². The summed E-state index contributed by atoms with van der Waals surface area (Å²) in [6.45, 7) is -0.639. The van der Waals surface area contributed by atoms with E-state index in [-0.39, 0.29) is 39.8 Å². The number of hydrogen-bond acceptors (Lipinski definition) is 8. The van der Waals surface area contributed by atoms with Crippen LogP contribution in [0.1, 0.15) is 40.0 Å². The summed E-state index contributed by atoms with van der Waals surface area (Å²) in [4.78, 5) is 69.0. The molecule has 1 saturated heterocycles. The first kappa shape index (κ1) is 27.8. The molecule has 10 nitrogen and oxygen atoms in total. The van der Waals surface area contributed by atoms with E-state index in [1.165, 1.54) is 17.0 Å². The fraction of sp³-hybridized carbons (Fsp3) is 0.242. The number of benzene rings is 3. The molecule has 2 aliphatic carbocycles. The van der Waals surface area contributed by atoms with Crippen molar-refractivity contribution in [3.63, 3.8) is 0 Å². The number of hydrogen-bond donors (Lipinski definition) is 0. The number of nitro benzene ring substituents is 1. The number of ketones is 1. The Morgan fingerprint density at radius 2 is 1.64 bits per heavy atom. The van der Waals surface area contributed by atoms with Crippen LogP contribution in [-0.2, 0) is 14.3 Å². The molecule has 2 amide bonds. The van der Waals surface area contributed by atoms with E-state index < -0.39 is 29.0 Å². The van der Waals surface area contributed by atoms with Gasteiger partial charge in [0.2, 0.25) is 17.6 Å². The maximum Gasteiger partial charge on any atom is 0.339 e. The van der Waals surface area contributed by atoms with Gasteiger partial charge in [-0.2, -0.15) is 0 Å². The van der Waals surface area contributed by atoms with Crippen LogP contribution in [0.5, 0.6) is 0 Å². The molecular formula is C33H24ClN3O7. The molecule has 2 bridgehead atoms. The smallest absolute Gasteiger partial charge is 0.339 e. The zero-order valence-corrected chi connectivity index (χ0v) is 23.9. The lowest BCUT2D eigenvalue weighted by Crippen LogP contribution is -2.32. The standard InChI is InChI=1S/C33H24ClN3O7/c34-24-12-9-18(14-27(24)37(42)43)28(38)16-44-33(41)23-15-26(35-25-4-2-1-3-22(23)25)17-7-10-21(11-8-17)36-31(39)29-19-5-6-20(13-19)30(29)32(36)40/h1-4,7-12,14-15,19-20,29-30H,5-6,13,16H2. The Balaban J connectivity index is 1.13. The third kappa shape index (κ3) is 4.53. The topological polar surface area (TPSA) is 137 Å². The van der Waals surface area contributed by atoms with Crippen molar-refractivity contribution >= 4 is 57.4 Å². The molecule has 4 atom stereocenters. The fourth-order valence-electron chi connectivity index (χ4n) is 7.05. The normalized spacial score (nSPS) is 22.0. The van der Waals surface area contributed by atoms with Gasteiger partial charge in [-0.05, 0) is 67.5 Å². The van der Waals surface area contributed by atoms with Gasteiger partial charge < -0.3 is 4.74 Å². The molecule has 2 heterocycles. The summed E-state index contributed by atoms with van der Waals surface area (Å²) in [6, 6.07) is 19.1. The van der Waals surface area contributed by atoms with Crippen molar-refractivity contribution in [3.8, 4) is 11.3 Å². The average Bonchev–Trinajstić information content (AvgIpc) is 3.72. The van der Waals surface area contributed by atoms with E-state index in [0.29, 0.717) is 39.7 Å². The van der Waals surface area contributed by atoms with Gasteiger partial charge >= 0.3 is 5.97 Å². The van der Waals surface area contributed by atoms with Gasteiger partial charge in [-0.15, -0.1) is 0 Å². The first-order chi connectivity index (χ1) is 21.2. The monoisotopic (exact) mass is 609 g/mol. The summed E-state index contributed by atoms with van der Waals surface area (Å²) in [7, 11) is 0. The Bertz CT molecular complexity index is 1880. The highest BCUT2D eigenvalue weighted by Crippen LogP contribution is 2.56. The highest BCUT2D eigenvalue weighted by molar-refractivity contribution is 6.32. The van der Waals surface area contributed by atoms with Crippen LogP contribution in [-0.4, -0.2) is 40.1 Å². The first-order valence-corrected chi connectivity index (χ1v) is 14.6. The number of Topliss-reactive ketones (excluding diaryl/α,β-unsaturated/α-hetero) is 1. The molecule has 220 valence electrons. The van der Waals surface area contributed by atoms with Crippen LogP contribution in [0.15, 0.2) is 72.8 Å². The van der Waals surface area contributed by atoms with Crippen LogP contribution in [0, 0.1) is 33.8 Å². The van der Waals surface area contributed by atoms with Crippen LogP contribution >= 0.6 is 11.6 Å². The van der Waals surface area contributed by atoms with Gasteiger partial charge in [-0.25, -0.2) is 9.78 Å². The molecule has 1 aliphatic heterocycles. The number of rotatable bonds is 7. The van der Waals surface area contributed by atoms with E-state index in [0.717, 1.165) is 25.3 Å². The summed E-state index contributed by atoms with van der Waals surface area (Å²) in [6.07, 6.45) is 2.98. The van der Waals surface area contributed by atoms with Gasteiger partial charge in [0.05, 0.1) is 39.2 Å². The molecular weight excluding hydrogens is 586 g/mol. The first-order valence-electron chi connectivity index (χ1n) is 14.2. The highest BCUT2D eigenvalue weighted by Gasteiger charge is 2.61. The minimum absolute atomic E-state index is 0.0134. The number of carbonyl (C=O) groups excluding carboxylic acids is 4. The van der Waals surface area contributed by atoms with Crippen LogP contribution in [0.2, 0.25) is 5.02 Å². The van der Waals surface area contributed by atoms with E-state index >= 15 is 0 Å². The lowest BCUT2D eigenvalue weighted by atomic mass is 9.81. The highest BCUT2D eigenvalue weighted by atomic mass is 35.5.